The lowest BCUT2D eigenvalue weighted by Crippen LogP contribution is -2.54. The van der Waals surface area contributed by atoms with E-state index in [4.69, 9.17) is 5.73 Å². The number of aliphatic carboxylic acids is 1. The normalized spacial score (nSPS) is 16.1. The second-order valence-electron chi connectivity index (χ2n) is 8.32. The van der Waals surface area contributed by atoms with Gasteiger partial charge in [0.2, 0.25) is 5.91 Å². The van der Waals surface area contributed by atoms with Gasteiger partial charge in [0.15, 0.2) is 10.8 Å². The van der Waals surface area contributed by atoms with Gasteiger partial charge >= 0.3 is 5.97 Å². The van der Waals surface area contributed by atoms with Gasteiger partial charge in [-0.05, 0) is 22.7 Å². The highest BCUT2D eigenvalue weighted by Gasteiger charge is 2.45. The van der Waals surface area contributed by atoms with Gasteiger partial charge < -0.3 is 21.0 Å². The first-order valence-corrected chi connectivity index (χ1v) is 15.5. The predicted octanol–water partition coefficient (Wildman–Crippen LogP) is 2.57. The highest BCUT2D eigenvalue weighted by atomic mass is 32.2. The van der Waals surface area contributed by atoms with Crippen LogP contribution in [-0.2, 0) is 25.8 Å². The van der Waals surface area contributed by atoms with Gasteiger partial charge in [0.25, 0.3) is 11.6 Å². The number of oxime groups is 1. The van der Waals surface area contributed by atoms with Crippen LogP contribution in [0.25, 0.3) is 0 Å². The van der Waals surface area contributed by atoms with Gasteiger partial charge in [-0.15, -0.1) is 40.0 Å². The number of hydrogen-bond acceptors (Lipinski definition) is 15. The van der Waals surface area contributed by atoms with Gasteiger partial charge in [-0.3, -0.25) is 24.6 Å². The summed E-state index contributed by atoms with van der Waals surface area (Å²) in [5, 5.41) is 31.9. The maximum absolute atomic E-state index is 12.2. The van der Waals surface area contributed by atoms with E-state index in [9.17, 15) is 29.6 Å². The van der Waals surface area contributed by atoms with E-state index in [1.54, 1.807) is 35.5 Å². The number of aromatic nitrogens is 3. The molecule has 3 aromatic rings. The number of thioether (sulfide) groups is 2. The fourth-order valence-electron chi connectivity index (χ4n) is 3.66. The second kappa shape index (κ2) is 14.2. The fraction of sp³-hybridized carbons (Fsp3) is 0.261. The fourth-order valence-corrected chi connectivity index (χ4v) is 7.04. The van der Waals surface area contributed by atoms with E-state index in [0.717, 1.165) is 9.78 Å². The van der Waals surface area contributed by atoms with E-state index in [-0.39, 0.29) is 34.9 Å². The Bertz CT molecular complexity index is 1530. The molecule has 0 bridgehead atoms. The number of carboxylic acid groups (broad SMARTS) is 1. The number of non-ortho nitro benzene ring substituents is 1. The Morgan fingerprint density at radius 3 is 2.69 bits per heavy atom. The van der Waals surface area contributed by atoms with Crippen molar-refractivity contribution in [3.8, 4) is 0 Å². The first-order chi connectivity index (χ1) is 20.2. The highest BCUT2D eigenvalue weighted by Crippen LogP contribution is 2.41. The van der Waals surface area contributed by atoms with Crippen LogP contribution in [0.4, 0.5) is 10.8 Å². The lowest BCUT2D eigenvalue weighted by atomic mass is 10.1. The molecular weight excluding hydrogens is 629 g/mol. The molecule has 0 radical (unpaired) electrons. The molecule has 2 aliphatic rings. The Hall–Kier alpha value is -4.07. The number of carbonyl (C=O) groups excluding carboxylic acids is 2. The maximum Gasteiger partial charge on any atom is 0.352 e. The number of carboxylic acids is 1. The molecule has 42 heavy (non-hydrogen) atoms. The number of anilines is 1. The van der Waals surface area contributed by atoms with E-state index in [1.165, 1.54) is 58.8 Å². The first-order valence-electron chi connectivity index (χ1n) is 11.8. The predicted molar refractivity (Wildman–Crippen MR) is 158 cm³/mol. The average molecular weight is 651 g/mol. The molecule has 1 aromatic carbocycles. The molecule has 2 amide bonds. The van der Waals surface area contributed by atoms with Crippen LogP contribution in [0.15, 0.2) is 56.5 Å². The Balaban J connectivity index is 0.000000196. The van der Waals surface area contributed by atoms with E-state index in [1.807, 2.05) is 0 Å². The van der Waals surface area contributed by atoms with Gasteiger partial charge in [-0.25, -0.2) is 9.78 Å². The largest absolute Gasteiger partial charge is 0.477 e. The zero-order chi connectivity index (χ0) is 30.2. The molecule has 2 aromatic heterocycles. The number of nitrogens with zero attached hydrogens (tertiary/aromatic N) is 6. The van der Waals surface area contributed by atoms with Crippen molar-refractivity contribution in [1.82, 2.24) is 24.8 Å². The monoisotopic (exact) mass is 650 g/mol. The molecule has 4 N–H and O–H groups in total. The number of nitro benzene ring substituents is 1. The molecule has 15 nitrogen and oxygen atoms in total. The Morgan fingerprint density at radius 1 is 1.36 bits per heavy atom. The number of amides is 2. The minimum absolute atomic E-state index is 0.00219. The van der Waals surface area contributed by atoms with Crippen molar-refractivity contribution in [2.24, 2.45) is 5.16 Å². The molecule has 19 heteroatoms. The van der Waals surface area contributed by atoms with Crippen molar-refractivity contribution in [2.45, 2.75) is 22.5 Å². The molecule has 1 atom stereocenters. The molecule has 2 aliphatic heterocycles. The highest BCUT2D eigenvalue weighted by molar-refractivity contribution is 8.01. The maximum atomic E-state index is 12.2. The van der Waals surface area contributed by atoms with Gasteiger partial charge in [0.1, 0.15) is 22.7 Å². The molecule has 0 spiro atoms. The summed E-state index contributed by atoms with van der Waals surface area (Å²) in [5.74, 6) is -0.395. The summed E-state index contributed by atoms with van der Waals surface area (Å²) in [6.45, 7) is 0.180. The third-order valence-corrected chi connectivity index (χ3v) is 9.50. The number of thiazole rings is 1. The van der Waals surface area contributed by atoms with Crippen LogP contribution in [0.5, 0.6) is 0 Å². The first kappa shape index (κ1) is 30.9. The van der Waals surface area contributed by atoms with Crippen molar-refractivity contribution in [2.75, 3.05) is 24.3 Å². The van der Waals surface area contributed by atoms with E-state index in [2.05, 4.69) is 29.9 Å². The van der Waals surface area contributed by atoms with Crippen molar-refractivity contribution in [1.29, 1.82) is 0 Å². The summed E-state index contributed by atoms with van der Waals surface area (Å²) >= 11 is 5.59. The van der Waals surface area contributed by atoms with Crippen LogP contribution in [0.3, 0.4) is 0 Å². The van der Waals surface area contributed by atoms with E-state index < -0.39 is 16.8 Å². The minimum atomic E-state index is -1.02. The van der Waals surface area contributed by atoms with Crippen LogP contribution >= 0.6 is 46.4 Å². The summed E-state index contributed by atoms with van der Waals surface area (Å²) in [6.07, 6.45) is 2.10. The molecule has 0 unspecified atom stereocenters. The summed E-state index contributed by atoms with van der Waals surface area (Å²) in [7, 11) is 1.32. The van der Waals surface area contributed by atoms with Crippen LogP contribution in [0.1, 0.15) is 17.7 Å². The number of nitro groups is 1. The lowest BCUT2D eigenvalue weighted by molar-refractivity contribution is -0.384. The second-order valence-corrected chi connectivity index (χ2v) is 12.4. The third kappa shape index (κ3) is 7.60. The van der Waals surface area contributed by atoms with Crippen molar-refractivity contribution >= 4 is 80.7 Å². The zero-order valence-electron chi connectivity index (χ0n) is 21.7. The Kier molecular flexibility index (Phi) is 10.4. The number of nitrogen functional groups attached to an aromatic ring is 1. The van der Waals surface area contributed by atoms with Crippen molar-refractivity contribution in [3.05, 3.63) is 68.5 Å². The van der Waals surface area contributed by atoms with Gasteiger partial charge in [-0.1, -0.05) is 21.8 Å². The number of benzene rings is 1. The van der Waals surface area contributed by atoms with Gasteiger partial charge in [0.05, 0.1) is 22.9 Å². The number of hydrogen-bond donors (Lipinski definition) is 3. The number of β-lactam (4-membered cyclic amide) rings is 1. The van der Waals surface area contributed by atoms with Crippen LogP contribution in [0, 0.1) is 10.1 Å². The molecule has 220 valence electrons. The van der Waals surface area contributed by atoms with E-state index >= 15 is 0 Å². The summed E-state index contributed by atoms with van der Waals surface area (Å²) in [6, 6.07) is 5.86. The van der Waals surface area contributed by atoms with Gasteiger partial charge in [-0.2, -0.15) is 0 Å². The number of nitrogens with one attached hydrogen (secondary N) is 1. The smallest absolute Gasteiger partial charge is 0.352 e. The molecule has 1 fully saturated rings. The van der Waals surface area contributed by atoms with E-state index in [0.29, 0.717) is 34.3 Å². The topological polar surface area (TPSA) is 216 Å². The third-order valence-electron chi connectivity index (χ3n) is 5.63. The number of fused-ring (bicyclic) bond motifs is 1. The summed E-state index contributed by atoms with van der Waals surface area (Å²) in [5.41, 5.74) is 7.51. The SMILES string of the molecule is CO/N=C(\C(=O)NCc1ccc([N+](=O)[O-])cc1)c1csc(N)n1.O=C(O)C1=C(CSc2cnns2)CS[C@H]2CC(=O)N12. The lowest BCUT2D eigenvalue weighted by Gasteiger charge is -2.43. The molecule has 5 rings (SSSR count). The van der Waals surface area contributed by atoms with Crippen LogP contribution in [-0.4, -0.2) is 77.0 Å². The molecule has 0 saturated carbocycles. The van der Waals surface area contributed by atoms with Gasteiger partial charge in [0, 0.05) is 35.6 Å². The standard InChI is InChI=1S/C13H13N5O4S.C10H9N3O3S3/c1-22-17-11(10-7-23-13(14)16-10)12(19)15-6-8-2-4-9(5-3-8)18(20)21;14-6-1-7-13(6)9(10(15)16)5(3-17-7)4-18-8-2-11-12-19-8/h2-5,7H,6H2,1H3,(H2,14,16)(H,15,19);2,7H,1,3-4H2,(H,15,16)/b17-11-;/t;7-/m.0/s1. The average Bonchev–Trinajstić information content (AvgIpc) is 3.65. The number of carbonyl (C=O) groups is 3. The number of nitrogens with two attached hydrogens (primary N) is 1. The van der Waals surface area contributed by atoms with Crippen molar-refractivity contribution < 1.29 is 29.3 Å². The van der Waals surface area contributed by atoms with Crippen LogP contribution in [0.2, 0.25) is 0 Å². The summed E-state index contributed by atoms with van der Waals surface area (Å²) in [4.78, 5) is 55.3. The molecule has 1 saturated heterocycles. The molecular formula is C23H22N8O7S4. The Labute approximate surface area is 254 Å². The number of rotatable bonds is 10. The van der Waals surface area contributed by atoms with Crippen LogP contribution < -0.4 is 11.1 Å². The summed E-state index contributed by atoms with van der Waals surface area (Å²) < 4.78 is 4.70. The Morgan fingerprint density at radius 2 is 2.12 bits per heavy atom. The minimum Gasteiger partial charge on any atom is -0.477 e. The van der Waals surface area contributed by atoms with Crippen molar-refractivity contribution in [3.63, 3.8) is 0 Å². The zero-order valence-corrected chi connectivity index (χ0v) is 24.9. The molecule has 0 aliphatic carbocycles. The quantitative estimate of drug-likeness (QED) is 0.0946. The molecule has 4 heterocycles.